The minimum atomic E-state index is -4.56. The van der Waals surface area contributed by atoms with Gasteiger partial charge in [-0.15, -0.1) is 0 Å². The average molecular weight is 409 g/mol. The Hall–Kier alpha value is -2.69. The Labute approximate surface area is 159 Å². The van der Waals surface area contributed by atoms with E-state index >= 15 is 0 Å². The second-order valence-corrected chi connectivity index (χ2v) is 7.79. The van der Waals surface area contributed by atoms with E-state index in [1.807, 2.05) is 0 Å². The SMILES string of the molecule is COCCN(Cc1nc2ccccc2c(=O)[nH]1)S(=O)(=O)c1c(F)cccc1F. The first kappa shape index (κ1) is 20.1. The van der Waals surface area contributed by atoms with Crippen molar-refractivity contribution >= 4 is 20.9 Å². The van der Waals surface area contributed by atoms with E-state index in [4.69, 9.17) is 4.74 Å². The highest BCUT2D eigenvalue weighted by Crippen LogP contribution is 2.23. The lowest BCUT2D eigenvalue weighted by Crippen LogP contribution is -2.35. The number of methoxy groups -OCH3 is 1. The molecule has 0 atom stereocenters. The van der Waals surface area contributed by atoms with Crippen molar-refractivity contribution in [2.75, 3.05) is 20.3 Å². The molecule has 28 heavy (non-hydrogen) atoms. The molecule has 0 radical (unpaired) electrons. The molecular formula is C18H17F2N3O4S. The largest absolute Gasteiger partial charge is 0.383 e. The maximum absolute atomic E-state index is 14.1. The zero-order chi connectivity index (χ0) is 20.3. The molecule has 1 aromatic heterocycles. The molecule has 3 rings (SSSR count). The van der Waals surface area contributed by atoms with Crippen LogP contribution >= 0.6 is 0 Å². The first-order valence-corrected chi connectivity index (χ1v) is 9.69. The maximum Gasteiger partial charge on any atom is 0.258 e. The van der Waals surface area contributed by atoms with E-state index in [9.17, 15) is 22.0 Å². The first-order valence-electron chi connectivity index (χ1n) is 8.25. The van der Waals surface area contributed by atoms with Crippen LogP contribution in [0.2, 0.25) is 0 Å². The van der Waals surface area contributed by atoms with Gasteiger partial charge in [-0.2, -0.15) is 4.31 Å². The van der Waals surface area contributed by atoms with E-state index in [-0.39, 0.29) is 25.5 Å². The fraction of sp³-hybridized carbons (Fsp3) is 0.222. The number of H-pyrrole nitrogens is 1. The summed E-state index contributed by atoms with van der Waals surface area (Å²) in [6.45, 7) is -0.601. The van der Waals surface area contributed by atoms with Crippen LogP contribution in [0.5, 0.6) is 0 Å². The molecule has 0 saturated heterocycles. The number of sulfonamides is 1. The minimum Gasteiger partial charge on any atom is -0.383 e. The summed E-state index contributed by atoms with van der Waals surface area (Å²) < 4.78 is 59.7. The highest BCUT2D eigenvalue weighted by Gasteiger charge is 2.31. The van der Waals surface area contributed by atoms with Crippen LogP contribution in [-0.4, -0.2) is 43.0 Å². The third-order valence-corrected chi connectivity index (χ3v) is 5.95. The lowest BCUT2D eigenvalue weighted by atomic mass is 10.2. The number of para-hydroxylation sites is 1. The quantitative estimate of drug-likeness (QED) is 0.645. The van der Waals surface area contributed by atoms with Crippen LogP contribution in [0.25, 0.3) is 10.9 Å². The number of halogens is 2. The molecule has 2 aromatic carbocycles. The molecule has 1 heterocycles. The van der Waals surface area contributed by atoms with Crippen LogP contribution in [0.1, 0.15) is 5.82 Å². The molecule has 0 spiro atoms. The van der Waals surface area contributed by atoms with Gasteiger partial charge in [0.1, 0.15) is 17.5 Å². The zero-order valence-corrected chi connectivity index (χ0v) is 15.7. The van der Waals surface area contributed by atoms with Crippen molar-refractivity contribution in [1.29, 1.82) is 0 Å². The number of aromatic amines is 1. The van der Waals surface area contributed by atoms with Crippen LogP contribution in [0.4, 0.5) is 8.78 Å². The summed E-state index contributed by atoms with van der Waals surface area (Å²) >= 11 is 0. The molecular weight excluding hydrogens is 392 g/mol. The van der Waals surface area contributed by atoms with Crippen LogP contribution in [0.3, 0.4) is 0 Å². The number of hydrogen-bond donors (Lipinski definition) is 1. The molecule has 0 aliphatic rings. The summed E-state index contributed by atoms with van der Waals surface area (Å²) in [4.78, 5) is 17.9. The van der Waals surface area contributed by atoms with E-state index in [1.165, 1.54) is 7.11 Å². The Kier molecular flexibility index (Phi) is 5.82. The summed E-state index contributed by atoms with van der Waals surface area (Å²) in [5, 5.41) is 0.345. The molecule has 7 nitrogen and oxygen atoms in total. The van der Waals surface area contributed by atoms with Gasteiger partial charge in [-0.1, -0.05) is 18.2 Å². The molecule has 1 N–H and O–H groups in total. The predicted molar refractivity (Wildman–Crippen MR) is 98.2 cm³/mol. The number of rotatable bonds is 7. The number of hydrogen-bond acceptors (Lipinski definition) is 5. The first-order chi connectivity index (χ1) is 13.3. The Bertz CT molecular complexity index is 1140. The van der Waals surface area contributed by atoms with Gasteiger partial charge >= 0.3 is 0 Å². The molecule has 0 bridgehead atoms. The van der Waals surface area contributed by atoms with Crippen LogP contribution in [0, 0.1) is 11.6 Å². The van der Waals surface area contributed by atoms with E-state index in [0.29, 0.717) is 10.9 Å². The van der Waals surface area contributed by atoms with Gasteiger partial charge in [0.15, 0.2) is 4.90 Å². The molecule has 0 saturated carbocycles. The van der Waals surface area contributed by atoms with Crippen LogP contribution < -0.4 is 5.56 Å². The van der Waals surface area contributed by atoms with Gasteiger partial charge in [-0.25, -0.2) is 22.2 Å². The smallest absolute Gasteiger partial charge is 0.258 e. The Balaban J connectivity index is 2.05. The van der Waals surface area contributed by atoms with E-state index in [0.717, 1.165) is 22.5 Å². The predicted octanol–water partition coefficient (Wildman–Crippen LogP) is 2.04. The summed E-state index contributed by atoms with van der Waals surface area (Å²) in [5.41, 5.74) is -0.0656. The fourth-order valence-corrected chi connectivity index (χ4v) is 4.21. The Morgan fingerprint density at radius 1 is 1.11 bits per heavy atom. The summed E-state index contributed by atoms with van der Waals surface area (Å²) in [6, 6.07) is 9.35. The second kappa shape index (κ2) is 8.13. The number of ether oxygens (including phenoxy) is 1. The molecule has 0 unspecified atom stereocenters. The lowest BCUT2D eigenvalue weighted by molar-refractivity contribution is 0.176. The highest BCUT2D eigenvalue weighted by molar-refractivity contribution is 7.89. The fourth-order valence-electron chi connectivity index (χ4n) is 2.71. The lowest BCUT2D eigenvalue weighted by Gasteiger charge is -2.22. The normalized spacial score (nSPS) is 12.0. The standard InChI is InChI=1S/C18H17F2N3O4S/c1-27-10-9-23(28(25,26)17-13(19)6-4-7-14(17)20)11-16-21-15-8-3-2-5-12(15)18(24)22-16/h2-8H,9-11H2,1H3,(H,21,22,24). The van der Waals surface area contributed by atoms with E-state index in [2.05, 4.69) is 9.97 Å². The number of aromatic nitrogens is 2. The summed E-state index contributed by atoms with van der Waals surface area (Å²) in [7, 11) is -3.19. The van der Waals surface area contributed by atoms with Crippen LogP contribution in [-0.2, 0) is 21.3 Å². The van der Waals surface area contributed by atoms with Crippen molar-refractivity contribution in [1.82, 2.24) is 14.3 Å². The average Bonchev–Trinajstić information content (AvgIpc) is 2.64. The second-order valence-electron chi connectivity index (χ2n) is 5.91. The van der Waals surface area contributed by atoms with Gasteiger partial charge in [0.2, 0.25) is 10.0 Å². The third kappa shape index (κ3) is 3.93. The third-order valence-electron chi connectivity index (χ3n) is 4.05. The van der Waals surface area contributed by atoms with Crippen molar-refractivity contribution in [3.63, 3.8) is 0 Å². The zero-order valence-electron chi connectivity index (χ0n) is 14.9. The number of benzene rings is 2. The Morgan fingerprint density at radius 3 is 2.46 bits per heavy atom. The van der Waals surface area contributed by atoms with Crippen molar-refractivity contribution < 1.29 is 21.9 Å². The molecule has 148 valence electrons. The molecule has 0 fully saturated rings. The topological polar surface area (TPSA) is 92.4 Å². The van der Waals surface area contributed by atoms with Gasteiger partial charge < -0.3 is 9.72 Å². The Morgan fingerprint density at radius 2 is 1.79 bits per heavy atom. The molecule has 0 aliphatic carbocycles. The highest BCUT2D eigenvalue weighted by atomic mass is 32.2. The van der Waals surface area contributed by atoms with Gasteiger partial charge in [0.25, 0.3) is 5.56 Å². The van der Waals surface area contributed by atoms with Gasteiger partial charge in [0, 0.05) is 13.7 Å². The number of nitrogens with one attached hydrogen (secondary N) is 1. The summed E-state index contributed by atoms with van der Waals surface area (Å²) in [6.07, 6.45) is 0. The number of fused-ring (bicyclic) bond motifs is 1. The van der Waals surface area contributed by atoms with Gasteiger partial charge in [-0.05, 0) is 24.3 Å². The van der Waals surface area contributed by atoms with Gasteiger partial charge in [-0.3, -0.25) is 4.79 Å². The van der Waals surface area contributed by atoms with Gasteiger partial charge in [0.05, 0.1) is 24.1 Å². The number of nitrogens with zero attached hydrogens (tertiary/aromatic N) is 2. The minimum absolute atomic E-state index is 0.0207. The molecule has 0 amide bonds. The summed E-state index contributed by atoms with van der Waals surface area (Å²) in [5.74, 6) is -2.37. The van der Waals surface area contributed by atoms with Crippen molar-refractivity contribution in [2.24, 2.45) is 0 Å². The van der Waals surface area contributed by atoms with Crippen molar-refractivity contribution in [2.45, 2.75) is 11.4 Å². The van der Waals surface area contributed by atoms with E-state index in [1.54, 1.807) is 24.3 Å². The molecule has 3 aromatic rings. The van der Waals surface area contributed by atoms with Crippen LogP contribution in [0.15, 0.2) is 52.2 Å². The maximum atomic E-state index is 14.1. The van der Waals surface area contributed by atoms with Crippen molar-refractivity contribution in [3.8, 4) is 0 Å². The molecule has 10 heteroatoms. The molecule has 0 aliphatic heterocycles. The van der Waals surface area contributed by atoms with Crippen molar-refractivity contribution in [3.05, 3.63) is 70.3 Å². The monoisotopic (exact) mass is 409 g/mol. The van der Waals surface area contributed by atoms with E-state index < -0.39 is 32.1 Å².